The van der Waals surface area contributed by atoms with Crippen LogP contribution in [0, 0.1) is 12.8 Å². The molecule has 1 fully saturated rings. The van der Waals surface area contributed by atoms with Crippen molar-refractivity contribution in [3.05, 3.63) is 11.3 Å². The van der Waals surface area contributed by atoms with Crippen LogP contribution in [0.1, 0.15) is 50.3 Å². The maximum absolute atomic E-state index is 12.6. The van der Waals surface area contributed by atoms with E-state index in [0.29, 0.717) is 18.0 Å². The Morgan fingerprint density at radius 2 is 2.05 bits per heavy atom. The van der Waals surface area contributed by atoms with E-state index in [-0.39, 0.29) is 11.1 Å². The Kier molecular flexibility index (Phi) is 5.40. The molecule has 1 saturated carbocycles. The van der Waals surface area contributed by atoms with Crippen molar-refractivity contribution in [2.75, 3.05) is 7.05 Å². The van der Waals surface area contributed by atoms with E-state index in [4.69, 9.17) is 0 Å². The van der Waals surface area contributed by atoms with Crippen LogP contribution in [-0.2, 0) is 16.6 Å². The number of hydrogen-bond donors (Lipinski definition) is 3. The highest BCUT2D eigenvalue weighted by molar-refractivity contribution is 7.89. The molecule has 6 nitrogen and oxygen atoms in total. The molecule has 7 heteroatoms. The van der Waals surface area contributed by atoms with E-state index in [2.05, 4.69) is 27.2 Å². The van der Waals surface area contributed by atoms with Crippen LogP contribution in [-0.4, -0.2) is 31.7 Å². The van der Waals surface area contributed by atoms with Gasteiger partial charge in [-0.3, -0.25) is 5.10 Å². The summed E-state index contributed by atoms with van der Waals surface area (Å²) < 4.78 is 28.0. The number of sulfonamides is 1. The number of nitrogens with one attached hydrogen (secondary N) is 3. The first-order chi connectivity index (χ1) is 9.94. The maximum Gasteiger partial charge on any atom is 0.260 e. The number of aryl methyl sites for hydroxylation is 1. The van der Waals surface area contributed by atoms with Gasteiger partial charge in [0.1, 0.15) is 0 Å². The quantitative estimate of drug-likeness (QED) is 0.722. The summed E-state index contributed by atoms with van der Waals surface area (Å²) in [6.07, 6.45) is 5.16. The van der Waals surface area contributed by atoms with Crippen LogP contribution >= 0.6 is 0 Å². The number of aromatic amines is 1. The van der Waals surface area contributed by atoms with Crippen LogP contribution < -0.4 is 10.0 Å². The average molecular weight is 314 g/mol. The number of H-pyrrole nitrogens is 1. The van der Waals surface area contributed by atoms with Crippen LogP contribution in [0.2, 0.25) is 0 Å². The lowest BCUT2D eigenvalue weighted by atomic mass is 10.0. The van der Waals surface area contributed by atoms with Crippen molar-refractivity contribution >= 4 is 10.0 Å². The molecule has 120 valence electrons. The molecule has 2 unspecified atom stereocenters. The molecule has 1 aliphatic carbocycles. The molecule has 1 aliphatic rings. The predicted molar refractivity (Wildman–Crippen MR) is 82.4 cm³/mol. The Hall–Kier alpha value is -0.920. The third-order valence-corrected chi connectivity index (χ3v) is 5.71. The summed E-state index contributed by atoms with van der Waals surface area (Å²) in [6, 6.07) is 0.0272. The molecule has 2 atom stereocenters. The molecular weight excluding hydrogens is 288 g/mol. The zero-order valence-electron chi connectivity index (χ0n) is 13.1. The molecule has 2 rings (SSSR count). The van der Waals surface area contributed by atoms with Crippen molar-refractivity contribution in [3.63, 3.8) is 0 Å². The van der Waals surface area contributed by atoms with Gasteiger partial charge < -0.3 is 5.32 Å². The van der Waals surface area contributed by atoms with Crippen molar-refractivity contribution in [2.45, 2.75) is 63.6 Å². The summed E-state index contributed by atoms with van der Waals surface area (Å²) in [6.45, 7) is 4.56. The highest BCUT2D eigenvalue weighted by atomic mass is 32.2. The van der Waals surface area contributed by atoms with E-state index in [1.807, 2.05) is 6.92 Å². The van der Waals surface area contributed by atoms with Gasteiger partial charge in [-0.1, -0.05) is 19.8 Å². The minimum atomic E-state index is -3.56. The maximum atomic E-state index is 12.6. The third kappa shape index (κ3) is 4.05. The molecule has 0 saturated heterocycles. The number of hydrogen-bond acceptors (Lipinski definition) is 4. The lowest BCUT2D eigenvalue weighted by Crippen LogP contribution is -2.35. The third-order valence-electron chi connectivity index (χ3n) is 4.22. The topological polar surface area (TPSA) is 86.9 Å². The Morgan fingerprint density at radius 3 is 2.76 bits per heavy atom. The monoisotopic (exact) mass is 314 g/mol. The first-order valence-corrected chi connectivity index (χ1v) is 9.13. The van der Waals surface area contributed by atoms with Crippen LogP contribution in [0.15, 0.2) is 5.03 Å². The fourth-order valence-electron chi connectivity index (χ4n) is 2.92. The molecule has 0 amide bonds. The fraction of sp³-hybridized carbons (Fsp3) is 0.786. The van der Waals surface area contributed by atoms with Crippen molar-refractivity contribution < 1.29 is 8.42 Å². The highest BCUT2D eigenvalue weighted by Gasteiger charge is 2.27. The second-order valence-corrected chi connectivity index (χ2v) is 7.72. The first kappa shape index (κ1) is 16.5. The van der Waals surface area contributed by atoms with Crippen LogP contribution in [0.4, 0.5) is 0 Å². The van der Waals surface area contributed by atoms with Crippen LogP contribution in [0.25, 0.3) is 0 Å². The summed E-state index contributed by atoms with van der Waals surface area (Å²) >= 11 is 0. The van der Waals surface area contributed by atoms with Crippen LogP contribution in [0.5, 0.6) is 0 Å². The Balaban J connectivity index is 2.14. The molecule has 0 radical (unpaired) electrons. The van der Waals surface area contributed by atoms with Gasteiger partial charge in [0, 0.05) is 23.8 Å². The molecule has 21 heavy (non-hydrogen) atoms. The van der Waals surface area contributed by atoms with Crippen molar-refractivity contribution in [3.8, 4) is 0 Å². The molecule has 0 aliphatic heterocycles. The van der Waals surface area contributed by atoms with Gasteiger partial charge in [0.05, 0.1) is 0 Å². The smallest absolute Gasteiger partial charge is 0.260 e. The van der Waals surface area contributed by atoms with Gasteiger partial charge in [-0.25, -0.2) is 13.1 Å². The first-order valence-electron chi connectivity index (χ1n) is 7.64. The van der Waals surface area contributed by atoms with Crippen molar-refractivity contribution in [2.24, 2.45) is 5.92 Å². The molecule has 3 N–H and O–H groups in total. The zero-order valence-corrected chi connectivity index (χ0v) is 13.9. The van der Waals surface area contributed by atoms with Gasteiger partial charge in [0.25, 0.3) is 10.0 Å². The lowest BCUT2D eigenvalue weighted by molar-refractivity contribution is 0.483. The van der Waals surface area contributed by atoms with Gasteiger partial charge in [0.2, 0.25) is 0 Å². The van der Waals surface area contributed by atoms with Gasteiger partial charge in [-0.2, -0.15) is 5.10 Å². The Bertz CT molecular complexity index is 568. The molecule has 0 bridgehead atoms. The second kappa shape index (κ2) is 6.89. The summed E-state index contributed by atoms with van der Waals surface area (Å²) in [5, 5.41) is 9.89. The van der Waals surface area contributed by atoms with E-state index in [0.717, 1.165) is 31.4 Å². The van der Waals surface area contributed by atoms with E-state index in [1.54, 1.807) is 7.05 Å². The highest BCUT2D eigenvalue weighted by Crippen LogP contribution is 2.24. The minimum absolute atomic E-state index is 0.0272. The predicted octanol–water partition coefficient (Wildman–Crippen LogP) is 1.68. The van der Waals surface area contributed by atoms with Crippen molar-refractivity contribution in [1.29, 1.82) is 0 Å². The van der Waals surface area contributed by atoms with E-state index < -0.39 is 10.0 Å². The largest absolute Gasteiger partial charge is 0.316 e. The zero-order chi connectivity index (χ0) is 15.5. The second-order valence-electron chi connectivity index (χ2n) is 6.09. The lowest BCUT2D eigenvalue weighted by Gasteiger charge is -2.16. The molecule has 0 spiro atoms. The molecule has 1 aromatic rings. The molecule has 1 heterocycles. The standard InChI is InChI=1S/C14H26N4O2S/c1-10-5-4-6-12(8-7-10)18-21(19,20)14-13(9-15-3)11(2)16-17-14/h10,12,15,18H,4-9H2,1-3H3,(H,16,17). The molecule has 0 aromatic carbocycles. The normalized spacial score (nSPS) is 24.0. The summed E-state index contributed by atoms with van der Waals surface area (Å²) in [5.41, 5.74) is 1.51. The van der Waals surface area contributed by atoms with Crippen LogP contribution in [0.3, 0.4) is 0 Å². The molecular formula is C14H26N4O2S. The number of rotatable bonds is 5. The summed E-state index contributed by atoms with van der Waals surface area (Å²) in [4.78, 5) is 0. The summed E-state index contributed by atoms with van der Waals surface area (Å²) in [7, 11) is -1.76. The van der Waals surface area contributed by atoms with Gasteiger partial charge in [-0.05, 0) is 39.2 Å². The average Bonchev–Trinajstić information content (AvgIpc) is 2.66. The Morgan fingerprint density at radius 1 is 1.29 bits per heavy atom. The Labute approximate surface area is 127 Å². The number of nitrogens with zero attached hydrogens (tertiary/aromatic N) is 1. The van der Waals surface area contributed by atoms with E-state index >= 15 is 0 Å². The van der Waals surface area contributed by atoms with E-state index in [9.17, 15) is 8.42 Å². The SMILES string of the molecule is CNCc1c(S(=O)(=O)NC2CCCC(C)CC2)n[nH]c1C. The number of aromatic nitrogens is 2. The van der Waals surface area contributed by atoms with Gasteiger partial charge in [0.15, 0.2) is 5.03 Å². The van der Waals surface area contributed by atoms with Gasteiger partial charge >= 0.3 is 0 Å². The van der Waals surface area contributed by atoms with E-state index in [1.165, 1.54) is 6.42 Å². The summed E-state index contributed by atoms with van der Waals surface area (Å²) in [5.74, 6) is 0.687. The van der Waals surface area contributed by atoms with Gasteiger partial charge in [-0.15, -0.1) is 0 Å². The fourth-order valence-corrected chi connectivity index (χ4v) is 4.42. The minimum Gasteiger partial charge on any atom is -0.316 e. The molecule has 1 aromatic heterocycles. The van der Waals surface area contributed by atoms with Crippen molar-refractivity contribution in [1.82, 2.24) is 20.2 Å².